The molecule has 0 spiro atoms. The lowest BCUT2D eigenvalue weighted by Gasteiger charge is -2.09. The van der Waals surface area contributed by atoms with Crippen LogP contribution in [0.25, 0.3) is 22.2 Å². The first-order valence-corrected chi connectivity index (χ1v) is 11.8. The van der Waals surface area contributed by atoms with Crippen molar-refractivity contribution in [3.8, 4) is 11.1 Å². The van der Waals surface area contributed by atoms with E-state index in [0.29, 0.717) is 5.56 Å². The Morgan fingerprint density at radius 3 is 2.50 bits per heavy atom. The lowest BCUT2D eigenvalue weighted by atomic mass is 9.97. The van der Waals surface area contributed by atoms with Crippen molar-refractivity contribution in [2.75, 3.05) is 4.72 Å². The molecule has 3 atom stereocenters. The quantitative estimate of drug-likeness (QED) is 0.316. The summed E-state index contributed by atoms with van der Waals surface area (Å²) in [5.74, 6) is 1.26. The van der Waals surface area contributed by atoms with E-state index in [4.69, 9.17) is 4.98 Å². The third-order valence-corrected chi connectivity index (χ3v) is 6.86. The number of ketones is 1. The standard InChI is InChI=1S/C25H20F3N3O2S/c1-14(32)18-4-2-3-5-19(18)16-8-11-22-23(12-16)30-24(29-22)21-13-20(21)15-6-9-17(10-7-15)31-34(33)25(26,27)28/h2-12,20-21,31H,13H2,1H3,(H,29,30). The van der Waals surface area contributed by atoms with Crippen molar-refractivity contribution in [2.45, 2.75) is 30.7 Å². The lowest BCUT2D eigenvalue weighted by molar-refractivity contribution is -0.0379. The van der Waals surface area contributed by atoms with Gasteiger partial charge in [-0.3, -0.25) is 9.52 Å². The summed E-state index contributed by atoms with van der Waals surface area (Å²) < 4.78 is 50.6. The number of H-pyrrole nitrogens is 1. The normalized spacial score (nSPS) is 18.6. The summed E-state index contributed by atoms with van der Waals surface area (Å²) in [7, 11) is -3.14. The van der Waals surface area contributed by atoms with Crippen molar-refractivity contribution in [1.82, 2.24) is 9.97 Å². The summed E-state index contributed by atoms with van der Waals surface area (Å²) in [4.78, 5) is 20.1. The summed E-state index contributed by atoms with van der Waals surface area (Å²) in [5, 5.41) is 0. The molecule has 0 radical (unpaired) electrons. The third-order valence-electron chi connectivity index (χ3n) is 6.02. The van der Waals surface area contributed by atoms with E-state index < -0.39 is 16.5 Å². The van der Waals surface area contributed by atoms with Crippen LogP contribution >= 0.6 is 0 Å². The van der Waals surface area contributed by atoms with Gasteiger partial charge in [0, 0.05) is 17.2 Å². The maximum atomic E-state index is 12.5. The van der Waals surface area contributed by atoms with Crippen LogP contribution in [0.4, 0.5) is 18.9 Å². The number of aromatic nitrogens is 2. The van der Waals surface area contributed by atoms with Gasteiger partial charge in [0.25, 0.3) is 0 Å². The highest BCUT2D eigenvalue weighted by molar-refractivity contribution is 7.87. The number of benzene rings is 3. The highest BCUT2D eigenvalue weighted by atomic mass is 32.2. The van der Waals surface area contributed by atoms with E-state index in [0.717, 1.165) is 40.0 Å². The predicted molar refractivity (Wildman–Crippen MR) is 126 cm³/mol. The number of rotatable bonds is 6. The zero-order chi connectivity index (χ0) is 24.0. The number of hydrogen-bond donors (Lipinski definition) is 2. The minimum Gasteiger partial charge on any atom is -0.342 e. The molecule has 9 heteroatoms. The summed E-state index contributed by atoms with van der Waals surface area (Å²) in [6.07, 6.45) is 0.876. The molecule has 2 N–H and O–H groups in total. The van der Waals surface area contributed by atoms with Gasteiger partial charge < -0.3 is 4.98 Å². The van der Waals surface area contributed by atoms with Crippen molar-refractivity contribution in [2.24, 2.45) is 0 Å². The topological polar surface area (TPSA) is 74.8 Å². The average molecular weight is 484 g/mol. The molecule has 1 saturated carbocycles. The monoisotopic (exact) mass is 483 g/mol. The number of hydrogen-bond acceptors (Lipinski definition) is 3. The SMILES string of the molecule is CC(=O)c1ccccc1-c1ccc2nc(C3CC3c3ccc(NS(=O)C(F)(F)F)cc3)[nH]c2c1. The molecule has 0 amide bonds. The van der Waals surface area contributed by atoms with E-state index in [-0.39, 0.29) is 23.3 Å². The molecule has 3 unspecified atom stereocenters. The van der Waals surface area contributed by atoms with Crippen LogP contribution in [-0.2, 0) is 11.0 Å². The highest BCUT2D eigenvalue weighted by Gasteiger charge is 2.42. The van der Waals surface area contributed by atoms with Gasteiger partial charge in [-0.2, -0.15) is 13.2 Å². The zero-order valence-corrected chi connectivity index (χ0v) is 18.8. The number of fused-ring (bicyclic) bond motifs is 1. The molecule has 4 aromatic rings. The maximum absolute atomic E-state index is 12.5. The molecule has 174 valence electrons. The third kappa shape index (κ3) is 4.35. The number of nitrogens with one attached hydrogen (secondary N) is 2. The number of imidazole rings is 1. The minimum atomic E-state index is -4.81. The number of aromatic amines is 1. The van der Waals surface area contributed by atoms with Crippen molar-refractivity contribution in [1.29, 1.82) is 0 Å². The molecule has 1 aromatic heterocycles. The van der Waals surface area contributed by atoms with Gasteiger partial charge in [-0.05, 0) is 60.2 Å². The van der Waals surface area contributed by atoms with Crippen LogP contribution < -0.4 is 4.72 Å². The van der Waals surface area contributed by atoms with Crippen LogP contribution in [0.15, 0.2) is 66.7 Å². The largest absolute Gasteiger partial charge is 0.490 e. The van der Waals surface area contributed by atoms with Crippen molar-refractivity contribution in [3.63, 3.8) is 0 Å². The van der Waals surface area contributed by atoms with Gasteiger partial charge in [-0.25, -0.2) is 9.19 Å². The highest BCUT2D eigenvalue weighted by Crippen LogP contribution is 2.54. The predicted octanol–water partition coefficient (Wildman–Crippen LogP) is 6.30. The number of Topliss-reactive ketones (excluding diaryl/α,β-unsaturated/α-hetero) is 1. The van der Waals surface area contributed by atoms with Gasteiger partial charge in [-0.1, -0.05) is 42.5 Å². The Labute approximate surface area is 196 Å². The molecule has 1 fully saturated rings. The van der Waals surface area contributed by atoms with Crippen molar-refractivity contribution < 1.29 is 22.2 Å². The van der Waals surface area contributed by atoms with Crippen LogP contribution in [0.3, 0.4) is 0 Å². The molecule has 0 saturated heterocycles. The van der Waals surface area contributed by atoms with Gasteiger partial charge in [0.05, 0.1) is 11.0 Å². The lowest BCUT2D eigenvalue weighted by Crippen LogP contribution is -2.22. The number of carbonyl (C=O) groups is 1. The molecule has 1 aliphatic carbocycles. The number of nitrogens with zero attached hydrogens (tertiary/aromatic N) is 1. The Bertz CT molecular complexity index is 1410. The van der Waals surface area contributed by atoms with Crippen LogP contribution in [-0.4, -0.2) is 25.5 Å². The first-order chi connectivity index (χ1) is 16.2. The Morgan fingerprint density at radius 2 is 1.79 bits per heavy atom. The Balaban J connectivity index is 1.34. The summed E-state index contributed by atoms with van der Waals surface area (Å²) in [5.41, 5.74) is 0.516. The van der Waals surface area contributed by atoms with E-state index in [1.807, 2.05) is 47.2 Å². The molecule has 1 aliphatic rings. The van der Waals surface area contributed by atoms with E-state index in [1.165, 1.54) is 12.1 Å². The zero-order valence-electron chi connectivity index (χ0n) is 18.0. The van der Waals surface area contributed by atoms with Gasteiger partial charge in [-0.15, -0.1) is 0 Å². The van der Waals surface area contributed by atoms with E-state index in [2.05, 4.69) is 4.98 Å². The first kappa shape index (κ1) is 22.3. The van der Waals surface area contributed by atoms with Crippen LogP contribution in [0, 0.1) is 0 Å². The van der Waals surface area contributed by atoms with Gasteiger partial charge in [0.1, 0.15) is 5.82 Å². The number of carbonyl (C=O) groups excluding carboxylic acids is 1. The summed E-state index contributed by atoms with van der Waals surface area (Å²) in [6.45, 7) is 1.55. The Hall–Kier alpha value is -3.46. The fraction of sp³-hybridized carbons (Fsp3) is 0.200. The summed E-state index contributed by atoms with van der Waals surface area (Å²) >= 11 is 0. The number of halogens is 3. The average Bonchev–Trinajstić information content (AvgIpc) is 3.49. The molecule has 0 aliphatic heterocycles. The van der Waals surface area contributed by atoms with Crippen molar-refractivity contribution in [3.05, 3.63) is 83.7 Å². The van der Waals surface area contributed by atoms with Gasteiger partial charge >= 0.3 is 5.51 Å². The van der Waals surface area contributed by atoms with Crippen molar-refractivity contribution >= 4 is 33.5 Å². The Kier molecular flexibility index (Phi) is 5.51. The first-order valence-electron chi connectivity index (χ1n) is 10.7. The van der Waals surface area contributed by atoms with Crippen LogP contribution in [0.2, 0.25) is 0 Å². The molecule has 1 heterocycles. The molecule has 3 aromatic carbocycles. The molecular formula is C25H20F3N3O2S. The molecule has 34 heavy (non-hydrogen) atoms. The Morgan fingerprint density at radius 1 is 1.06 bits per heavy atom. The molecular weight excluding hydrogens is 463 g/mol. The number of anilines is 1. The molecule has 0 bridgehead atoms. The fourth-order valence-electron chi connectivity index (χ4n) is 4.24. The second-order valence-electron chi connectivity index (χ2n) is 8.34. The molecule has 5 nitrogen and oxygen atoms in total. The maximum Gasteiger partial charge on any atom is 0.490 e. The second kappa shape index (κ2) is 8.39. The summed E-state index contributed by atoms with van der Waals surface area (Å²) in [6, 6.07) is 19.9. The van der Waals surface area contributed by atoms with Crippen LogP contribution in [0.5, 0.6) is 0 Å². The van der Waals surface area contributed by atoms with E-state index in [9.17, 15) is 22.2 Å². The van der Waals surface area contributed by atoms with Gasteiger partial charge in [0.15, 0.2) is 5.78 Å². The second-order valence-corrected chi connectivity index (χ2v) is 9.55. The number of alkyl halides is 3. The van der Waals surface area contributed by atoms with E-state index in [1.54, 1.807) is 19.1 Å². The fourth-order valence-corrected chi connectivity index (χ4v) is 4.71. The molecule has 5 rings (SSSR count). The van der Waals surface area contributed by atoms with Gasteiger partial charge in [0.2, 0.25) is 11.0 Å². The van der Waals surface area contributed by atoms with Crippen LogP contribution in [0.1, 0.15) is 46.9 Å². The minimum absolute atomic E-state index is 0.00712. The smallest absolute Gasteiger partial charge is 0.342 e. The van der Waals surface area contributed by atoms with E-state index >= 15 is 0 Å².